The van der Waals surface area contributed by atoms with Gasteiger partial charge in [0.05, 0.1) is 17.5 Å². The number of rotatable bonds is 3. The first kappa shape index (κ1) is 8.71. The third-order valence-corrected chi connectivity index (χ3v) is 1.65. The molecule has 3 nitrogen and oxygen atoms in total. The standard InChI is InChI=1S/C9H12N2O/c1-3-4-5-9-8(7-12)6-10-11(9)2/h4-7H,3H2,1-2H3/b5-4-. The van der Waals surface area contributed by atoms with Crippen molar-refractivity contribution in [3.05, 3.63) is 23.5 Å². The maximum absolute atomic E-state index is 10.5. The molecule has 0 atom stereocenters. The molecule has 0 aliphatic heterocycles. The van der Waals surface area contributed by atoms with Gasteiger partial charge < -0.3 is 0 Å². The molecule has 1 heterocycles. The van der Waals surface area contributed by atoms with Crippen LogP contribution in [0.25, 0.3) is 6.08 Å². The number of hydrogen-bond donors (Lipinski definition) is 0. The third kappa shape index (κ3) is 1.61. The van der Waals surface area contributed by atoms with Gasteiger partial charge in [-0.25, -0.2) is 0 Å². The molecule has 3 heteroatoms. The first-order valence-electron chi connectivity index (χ1n) is 3.93. The molecule has 0 amide bonds. The summed E-state index contributed by atoms with van der Waals surface area (Å²) in [7, 11) is 1.82. The van der Waals surface area contributed by atoms with Gasteiger partial charge in [0, 0.05) is 7.05 Å². The summed E-state index contributed by atoms with van der Waals surface area (Å²) in [6.45, 7) is 2.05. The van der Waals surface area contributed by atoms with Crippen LogP contribution < -0.4 is 0 Å². The van der Waals surface area contributed by atoms with Gasteiger partial charge in [0.15, 0.2) is 6.29 Å². The minimum absolute atomic E-state index is 0.641. The molecule has 0 saturated heterocycles. The van der Waals surface area contributed by atoms with Crippen molar-refractivity contribution in [1.82, 2.24) is 9.78 Å². The van der Waals surface area contributed by atoms with Crippen LogP contribution in [-0.4, -0.2) is 16.1 Å². The highest BCUT2D eigenvalue weighted by Gasteiger charge is 2.02. The smallest absolute Gasteiger partial charge is 0.153 e. The maximum atomic E-state index is 10.5. The zero-order valence-corrected chi connectivity index (χ0v) is 7.32. The molecule has 0 bridgehead atoms. The van der Waals surface area contributed by atoms with Gasteiger partial charge in [0.2, 0.25) is 0 Å². The lowest BCUT2D eigenvalue weighted by atomic mass is 10.2. The molecular weight excluding hydrogens is 152 g/mol. The second-order valence-electron chi connectivity index (χ2n) is 2.54. The molecule has 64 valence electrons. The van der Waals surface area contributed by atoms with E-state index in [1.54, 1.807) is 10.9 Å². The van der Waals surface area contributed by atoms with Crippen molar-refractivity contribution in [1.29, 1.82) is 0 Å². The summed E-state index contributed by atoms with van der Waals surface area (Å²) in [5.41, 5.74) is 1.51. The topological polar surface area (TPSA) is 34.9 Å². The number of aromatic nitrogens is 2. The zero-order chi connectivity index (χ0) is 8.97. The Kier molecular flexibility index (Phi) is 2.80. The lowest BCUT2D eigenvalue weighted by molar-refractivity contribution is 0.112. The molecule has 0 saturated carbocycles. The van der Waals surface area contributed by atoms with E-state index in [-0.39, 0.29) is 0 Å². The highest BCUT2D eigenvalue weighted by atomic mass is 16.1. The second-order valence-corrected chi connectivity index (χ2v) is 2.54. The van der Waals surface area contributed by atoms with Gasteiger partial charge in [-0.1, -0.05) is 13.0 Å². The van der Waals surface area contributed by atoms with Gasteiger partial charge in [-0.15, -0.1) is 0 Å². The van der Waals surface area contributed by atoms with E-state index in [0.29, 0.717) is 5.56 Å². The van der Waals surface area contributed by atoms with Crippen molar-refractivity contribution in [2.45, 2.75) is 13.3 Å². The molecule has 0 radical (unpaired) electrons. The fourth-order valence-corrected chi connectivity index (χ4v) is 0.988. The first-order valence-corrected chi connectivity index (χ1v) is 3.93. The molecule has 12 heavy (non-hydrogen) atoms. The van der Waals surface area contributed by atoms with E-state index in [0.717, 1.165) is 18.4 Å². The van der Waals surface area contributed by atoms with Crippen molar-refractivity contribution >= 4 is 12.4 Å². The van der Waals surface area contributed by atoms with Crippen LogP contribution in [-0.2, 0) is 7.05 Å². The molecule has 0 N–H and O–H groups in total. The number of carbonyl (C=O) groups is 1. The van der Waals surface area contributed by atoms with Crippen molar-refractivity contribution < 1.29 is 4.79 Å². The van der Waals surface area contributed by atoms with Crippen molar-refractivity contribution in [3.63, 3.8) is 0 Å². The van der Waals surface area contributed by atoms with Gasteiger partial charge in [-0.2, -0.15) is 5.10 Å². The van der Waals surface area contributed by atoms with E-state index in [4.69, 9.17) is 0 Å². The molecule has 0 spiro atoms. The zero-order valence-electron chi connectivity index (χ0n) is 7.32. The molecule has 0 aliphatic rings. The van der Waals surface area contributed by atoms with Crippen molar-refractivity contribution in [2.75, 3.05) is 0 Å². The molecular formula is C9H12N2O. The fraction of sp³-hybridized carbons (Fsp3) is 0.333. The number of hydrogen-bond acceptors (Lipinski definition) is 2. The van der Waals surface area contributed by atoms with Crippen LogP contribution in [0, 0.1) is 0 Å². The van der Waals surface area contributed by atoms with Gasteiger partial charge in [-0.05, 0) is 12.5 Å². The number of allylic oxidation sites excluding steroid dienone is 1. The summed E-state index contributed by atoms with van der Waals surface area (Å²) >= 11 is 0. The summed E-state index contributed by atoms with van der Waals surface area (Å²) in [6, 6.07) is 0. The van der Waals surface area contributed by atoms with Crippen LogP contribution >= 0.6 is 0 Å². The van der Waals surface area contributed by atoms with Crippen LogP contribution in [0.5, 0.6) is 0 Å². The van der Waals surface area contributed by atoms with E-state index in [9.17, 15) is 4.79 Å². The fourth-order valence-electron chi connectivity index (χ4n) is 0.988. The first-order chi connectivity index (χ1) is 5.79. The SMILES string of the molecule is CC/C=C\c1c(C=O)cnn1C. The number of nitrogens with zero attached hydrogens (tertiary/aromatic N) is 2. The summed E-state index contributed by atoms with van der Waals surface area (Å²) < 4.78 is 1.69. The van der Waals surface area contributed by atoms with Gasteiger partial charge >= 0.3 is 0 Å². The Labute approximate surface area is 71.7 Å². The minimum Gasteiger partial charge on any atom is -0.298 e. The van der Waals surface area contributed by atoms with Crippen molar-refractivity contribution in [3.8, 4) is 0 Å². The van der Waals surface area contributed by atoms with Gasteiger partial charge in [0.1, 0.15) is 0 Å². The number of aldehydes is 1. The van der Waals surface area contributed by atoms with Crippen LogP contribution in [0.4, 0.5) is 0 Å². The second kappa shape index (κ2) is 3.85. The average Bonchev–Trinajstić information content (AvgIpc) is 2.43. The van der Waals surface area contributed by atoms with Crippen LogP contribution in [0.3, 0.4) is 0 Å². The molecule has 1 aromatic heterocycles. The summed E-state index contributed by atoms with van der Waals surface area (Å²) in [5, 5.41) is 3.97. The van der Waals surface area contributed by atoms with E-state index in [1.807, 2.05) is 26.1 Å². The molecule has 1 aromatic rings. The number of carbonyl (C=O) groups excluding carboxylic acids is 1. The Morgan fingerprint density at radius 3 is 3.00 bits per heavy atom. The Balaban J connectivity index is 3.01. The predicted octanol–water partition coefficient (Wildman–Crippen LogP) is 1.66. The van der Waals surface area contributed by atoms with E-state index >= 15 is 0 Å². The molecule has 0 aliphatic carbocycles. The minimum atomic E-state index is 0.641. The van der Waals surface area contributed by atoms with E-state index in [1.165, 1.54) is 0 Å². The molecule has 0 aromatic carbocycles. The Bertz CT molecular complexity index is 299. The maximum Gasteiger partial charge on any atom is 0.153 e. The van der Waals surface area contributed by atoms with E-state index in [2.05, 4.69) is 5.10 Å². The predicted molar refractivity (Wildman–Crippen MR) is 47.9 cm³/mol. The summed E-state index contributed by atoms with van der Waals surface area (Å²) in [5.74, 6) is 0. The van der Waals surface area contributed by atoms with Crippen molar-refractivity contribution in [2.24, 2.45) is 7.05 Å². The average molecular weight is 164 g/mol. The lowest BCUT2D eigenvalue weighted by Crippen LogP contribution is -1.93. The summed E-state index contributed by atoms with van der Waals surface area (Å²) in [4.78, 5) is 10.5. The summed E-state index contributed by atoms with van der Waals surface area (Å²) in [6.07, 6.45) is 7.27. The lowest BCUT2D eigenvalue weighted by Gasteiger charge is -1.94. The normalized spacial score (nSPS) is 10.8. The monoisotopic (exact) mass is 164 g/mol. The Morgan fingerprint density at radius 1 is 1.67 bits per heavy atom. The molecule has 1 rings (SSSR count). The largest absolute Gasteiger partial charge is 0.298 e. The highest BCUT2D eigenvalue weighted by Crippen LogP contribution is 2.06. The van der Waals surface area contributed by atoms with Gasteiger partial charge in [0.25, 0.3) is 0 Å². The third-order valence-electron chi connectivity index (χ3n) is 1.65. The van der Waals surface area contributed by atoms with Gasteiger partial charge in [-0.3, -0.25) is 9.48 Å². The van der Waals surface area contributed by atoms with Crippen LogP contribution in [0.2, 0.25) is 0 Å². The van der Waals surface area contributed by atoms with E-state index < -0.39 is 0 Å². The quantitative estimate of drug-likeness (QED) is 0.637. The van der Waals surface area contributed by atoms with Crippen LogP contribution in [0.15, 0.2) is 12.3 Å². The Morgan fingerprint density at radius 2 is 2.42 bits per heavy atom. The molecule has 0 unspecified atom stereocenters. The molecule has 0 fully saturated rings. The van der Waals surface area contributed by atoms with Crippen LogP contribution in [0.1, 0.15) is 29.4 Å². The Hall–Kier alpha value is -1.38. The number of aryl methyl sites for hydroxylation is 1. The highest BCUT2D eigenvalue weighted by molar-refractivity contribution is 5.80.